The van der Waals surface area contributed by atoms with Gasteiger partial charge >= 0.3 is 0 Å². The highest BCUT2D eigenvalue weighted by molar-refractivity contribution is 7.89. The molecule has 0 bridgehead atoms. The maximum atomic E-state index is 12.6. The SMILES string of the molecule is CCC(CC)(CN)C(=O)Nc1cccc(S(=O)(=O)NC)c1C. The molecule has 124 valence electrons. The summed E-state index contributed by atoms with van der Waals surface area (Å²) >= 11 is 0. The molecule has 1 amide bonds. The number of amides is 1. The highest BCUT2D eigenvalue weighted by atomic mass is 32.2. The van der Waals surface area contributed by atoms with Crippen molar-refractivity contribution in [2.45, 2.75) is 38.5 Å². The molecule has 0 saturated heterocycles. The molecule has 22 heavy (non-hydrogen) atoms. The highest BCUT2D eigenvalue weighted by Crippen LogP contribution is 2.29. The summed E-state index contributed by atoms with van der Waals surface area (Å²) in [6, 6.07) is 4.80. The summed E-state index contributed by atoms with van der Waals surface area (Å²) in [4.78, 5) is 12.7. The van der Waals surface area contributed by atoms with Crippen LogP contribution in [0.5, 0.6) is 0 Å². The van der Waals surface area contributed by atoms with Crippen LogP contribution < -0.4 is 15.8 Å². The molecule has 0 aliphatic heterocycles. The first-order chi connectivity index (χ1) is 10.3. The van der Waals surface area contributed by atoms with E-state index in [9.17, 15) is 13.2 Å². The van der Waals surface area contributed by atoms with Gasteiger partial charge in [-0.2, -0.15) is 0 Å². The van der Waals surface area contributed by atoms with Gasteiger partial charge in [0.25, 0.3) is 0 Å². The number of rotatable bonds is 7. The average molecular weight is 327 g/mol. The Hall–Kier alpha value is -1.44. The summed E-state index contributed by atoms with van der Waals surface area (Å²) in [7, 11) is -2.21. The molecule has 0 fully saturated rings. The average Bonchev–Trinajstić information content (AvgIpc) is 2.51. The summed E-state index contributed by atoms with van der Waals surface area (Å²) in [5, 5.41) is 2.83. The lowest BCUT2D eigenvalue weighted by atomic mass is 9.81. The van der Waals surface area contributed by atoms with Crippen molar-refractivity contribution in [2.75, 3.05) is 18.9 Å². The third-order valence-electron chi connectivity index (χ3n) is 4.32. The monoisotopic (exact) mass is 327 g/mol. The fourth-order valence-electron chi connectivity index (χ4n) is 2.36. The number of benzene rings is 1. The Morgan fingerprint density at radius 3 is 2.32 bits per heavy atom. The molecule has 0 unspecified atom stereocenters. The molecule has 1 rings (SSSR count). The van der Waals surface area contributed by atoms with E-state index in [-0.39, 0.29) is 17.3 Å². The zero-order chi connectivity index (χ0) is 17.0. The predicted octanol–water partition coefficient (Wildman–Crippen LogP) is 1.61. The molecule has 6 nitrogen and oxygen atoms in total. The van der Waals surface area contributed by atoms with Crippen LogP contribution in [0.3, 0.4) is 0 Å². The highest BCUT2D eigenvalue weighted by Gasteiger charge is 2.33. The third-order valence-corrected chi connectivity index (χ3v) is 5.88. The first-order valence-electron chi connectivity index (χ1n) is 7.32. The van der Waals surface area contributed by atoms with Crippen LogP contribution in [0.1, 0.15) is 32.3 Å². The van der Waals surface area contributed by atoms with Gasteiger partial charge in [-0.05, 0) is 44.5 Å². The van der Waals surface area contributed by atoms with E-state index in [1.165, 1.54) is 13.1 Å². The molecule has 0 aliphatic carbocycles. The summed E-state index contributed by atoms with van der Waals surface area (Å²) in [5.74, 6) is -0.179. The lowest BCUT2D eigenvalue weighted by molar-refractivity contribution is -0.125. The van der Waals surface area contributed by atoms with E-state index < -0.39 is 15.4 Å². The summed E-state index contributed by atoms with van der Waals surface area (Å²) < 4.78 is 26.2. The van der Waals surface area contributed by atoms with Gasteiger partial charge in [-0.1, -0.05) is 19.9 Å². The van der Waals surface area contributed by atoms with Crippen molar-refractivity contribution >= 4 is 21.6 Å². The van der Waals surface area contributed by atoms with Gasteiger partial charge in [0.05, 0.1) is 10.3 Å². The second-order valence-electron chi connectivity index (χ2n) is 5.28. The molecule has 0 spiro atoms. The van der Waals surface area contributed by atoms with Crippen LogP contribution in [0, 0.1) is 12.3 Å². The van der Waals surface area contributed by atoms with E-state index in [1.54, 1.807) is 19.1 Å². The second-order valence-corrected chi connectivity index (χ2v) is 7.14. The van der Waals surface area contributed by atoms with Crippen LogP contribution in [-0.2, 0) is 14.8 Å². The van der Waals surface area contributed by atoms with Crippen LogP contribution in [0.4, 0.5) is 5.69 Å². The van der Waals surface area contributed by atoms with Crippen molar-refractivity contribution in [1.29, 1.82) is 0 Å². The van der Waals surface area contributed by atoms with Crippen molar-refractivity contribution in [1.82, 2.24) is 4.72 Å². The molecular formula is C15H25N3O3S. The van der Waals surface area contributed by atoms with E-state index >= 15 is 0 Å². The number of nitrogens with two attached hydrogens (primary N) is 1. The Bertz CT molecular complexity index is 629. The Labute approximate surface area is 132 Å². The Kier molecular flexibility index (Phi) is 6.10. The van der Waals surface area contributed by atoms with Gasteiger partial charge in [0.2, 0.25) is 15.9 Å². The maximum absolute atomic E-state index is 12.6. The second kappa shape index (κ2) is 7.21. The Morgan fingerprint density at radius 2 is 1.86 bits per heavy atom. The normalized spacial score (nSPS) is 12.2. The molecular weight excluding hydrogens is 302 g/mol. The fraction of sp³-hybridized carbons (Fsp3) is 0.533. The molecule has 0 aliphatic rings. The number of hydrogen-bond donors (Lipinski definition) is 3. The molecule has 4 N–H and O–H groups in total. The van der Waals surface area contributed by atoms with Crippen molar-refractivity contribution in [3.05, 3.63) is 23.8 Å². The molecule has 0 radical (unpaired) electrons. The van der Waals surface area contributed by atoms with Crippen LogP contribution in [0.2, 0.25) is 0 Å². The van der Waals surface area contributed by atoms with Gasteiger partial charge in [0, 0.05) is 12.2 Å². The van der Waals surface area contributed by atoms with Crippen molar-refractivity contribution in [2.24, 2.45) is 11.1 Å². The van der Waals surface area contributed by atoms with E-state index in [0.29, 0.717) is 24.1 Å². The number of carbonyl (C=O) groups excluding carboxylic acids is 1. The number of sulfonamides is 1. The Balaban J connectivity index is 3.21. The summed E-state index contributed by atoms with van der Waals surface area (Å²) in [5.41, 5.74) is 6.13. The number of nitrogens with one attached hydrogen (secondary N) is 2. The molecule has 1 aromatic carbocycles. The van der Waals surface area contributed by atoms with Gasteiger partial charge in [-0.15, -0.1) is 0 Å². The van der Waals surface area contributed by atoms with Crippen molar-refractivity contribution in [3.8, 4) is 0 Å². The topological polar surface area (TPSA) is 101 Å². The zero-order valence-corrected chi connectivity index (χ0v) is 14.4. The molecule has 0 heterocycles. The van der Waals surface area contributed by atoms with Crippen LogP contribution in [0.15, 0.2) is 23.1 Å². The standard InChI is InChI=1S/C15H25N3O3S/c1-5-15(6-2,10-16)14(19)18-12-8-7-9-13(11(12)3)22(20,21)17-4/h7-9,17H,5-6,10,16H2,1-4H3,(H,18,19). The lowest BCUT2D eigenvalue weighted by Gasteiger charge is -2.29. The quantitative estimate of drug-likeness (QED) is 0.708. The summed E-state index contributed by atoms with van der Waals surface area (Å²) in [6.45, 7) is 5.76. The summed E-state index contributed by atoms with van der Waals surface area (Å²) in [6.07, 6.45) is 1.25. The van der Waals surface area contributed by atoms with Crippen molar-refractivity contribution in [3.63, 3.8) is 0 Å². The van der Waals surface area contributed by atoms with E-state index in [2.05, 4.69) is 10.0 Å². The number of anilines is 1. The van der Waals surface area contributed by atoms with Gasteiger partial charge in [-0.3, -0.25) is 4.79 Å². The van der Waals surface area contributed by atoms with Gasteiger partial charge in [0.1, 0.15) is 0 Å². The number of carbonyl (C=O) groups is 1. The van der Waals surface area contributed by atoms with Gasteiger partial charge < -0.3 is 11.1 Å². The van der Waals surface area contributed by atoms with Gasteiger partial charge in [0.15, 0.2) is 0 Å². The van der Waals surface area contributed by atoms with Crippen molar-refractivity contribution < 1.29 is 13.2 Å². The minimum atomic E-state index is -3.57. The first kappa shape index (κ1) is 18.6. The lowest BCUT2D eigenvalue weighted by Crippen LogP contribution is -2.41. The fourth-order valence-corrected chi connectivity index (χ4v) is 3.35. The van der Waals surface area contributed by atoms with E-state index in [0.717, 1.165) is 0 Å². The smallest absolute Gasteiger partial charge is 0.240 e. The maximum Gasteiger partial charge on any atom is 0.240 e. The van der Waals surface area contributed by atoms with Crippen LogP contribution in [0.25, 0.3) is 0 Å². The molecule has 0 saturated carbocycles. The van der Waals surface area contributed by atoms with Gasteiger partial charge in [-0.25, -0.2) is 13.1 Å². The number of hydrogen-bond acceptors (Lipinski definition) is 4. The Morgan fingerprint density at radius 1 is 1.27 bits per heavy atom. The largest absolute Gasteiger partial charge is 0.329 e. The van der Waals surface area contributed by atoms with Crippen LogP contribution >= 0.6 is 0 Å². The third kappa shape index (κ3) is 3.48. The van der Waals surface area contributed by atoms with Crippen LogP contribution in [-0.4, -0.2) is 27.9 Å². The minimum absolute atomic E-state index is 0.152. The molecule has 7 heteroatoms. The van der Waals surface area contributed by atoms with E-state index in [1.807, 2.05) is 13.8 Å². The molecule has 1 aromatic rings. The van der Waals surface area contributed by atoms with E-state index in [4.69, 9.17) is 5.73 Å². The minimum Gasteiger partial charge on any atom is -0.329 e. The predicted molar refractivity (Wildman–Crippen MR) is 88.1 cm³/mol. The molecule has 0 atom stereocenters. The first-order valence-corrected chi connectivity index (χ1v) is 8.81. The zero-order valence-electron chi connectivity index (χ0n) is 13.6. The molecule has 0 aromatic heterocycles.